The van der Waals surface area contributed by atoms with Crippen LogP contribution < -0.4 is 5.73 Å². The third-order valence-electron chi connectivity index (χ3n) is 1.70. The highest BCUT2D eigenvalue weighted by Crippen LogP contribution is 2.35. The zero-order valence-corrected chi connectivity index (χ0v) is 10.8. The van der Waals surface area contributed by atoms with E-state index in [1.165, 1.54) is 11.3 Å². The van der Waals surface area contributed by atoms with E-state index in [2.05, 4.69) is 20.2 Å². The van der Waals surface area contributed by atoms with Crippen molar-refractivity contribution in [3.8, 4) is 0 Å². The number of nitrogens with one attached hydrogen (secondary N) is 1. The number of halogens is 3. The van der Waals surface area contributed by atoms with Gasteiger partial charge in [0.1, 0.15) is 5.82 Å². The van der Waals surface area contributed by atoms with Crippen molar-refractivity contribution in [2.45, 2.75) is 10.2 Å². The lowest BCUT2D eigenvalue weighted by Gasteiger charge is -2.02. The number of hydrogen-bond acceptors (Lipinski definition) is 5. The second kappa shape index (κ2) is 4.37. The molecule has 0 aliphatic rings. The van der Waals surface area contributed by atoms with E-state index in [1.54, 1.807) is 0 Å². The molecule has 0 spiro atoms. The molecule has 0 saturated heterocycles. The van der Waals surface area contributed by atoms with Crippen LogP contribution in [0, 0.1) is 0 Å². The highest BCUT2D eigenvalue weighted by molar-refractivity contribution is 7.13. The summed E-state index contributed by atoms with van der Waals surface area (Å²) in [7, 11) is 0. The summed E-state index contributed by atoms with van der Waals surface area (Å²) < 4.78 is -1.62. The van der Waals surface area contributed by atoms with Crippen LogP contribution in [-0.2, 0) is 10.2 Å². The first-order valence-electron chi connectivity index (χ1n) is 4.13. The van der Waals surface area contributed by atoms with Crippen LogP contribution in [0.1, 0.15) is 17.3 Å². The number of anilines is 1. The average molecular weight is 299 g/mol. The lowest BCUT2D eigenvalue weighted by atomic mass is 10.3. The van der Waals surface area contributed by atoms with E-state index in [9.17, 15) is 0 Å². The molecule has 9 heteroatoms. The molecule has 0 bridgehead atoms. The van der Waals surface area contributed by atoms with Gasteiger partial charge >= 0.3 is 0 Å². The lowest BCUT2D eigenvalue weighted by molar-refractivity contribution is 0.946. The first kappa shape index (κ1) is 11.9. The van der Waals surface area contributed by atoms with Crippen LogP contribution in [0.5, 0.6) is 0 Å². The number of alkyl halides is 3. The molecule has 2 aromatic heterocycles. The van der Waals surface area contributed by atoms with Crippen molar-refractivity contribution in [3.63, 3.8) is 0 Å². The predicted octanol–water partition coefficient (Wildman–Crippen LogP) is 2.26. The van der Waals surface area contributed by atoms with Crippen molar-refractivity contribution in [1.82, 2.24) is 20.2 Å². The third kappa shape index (κ3) is 2.76. The summed E-state index contributed by atoms with van der Waals surface area (Å²) in [4.78, 5) is 8.13. The van der Waals surface area contributed by atoms with Crippen LogP contribution in [0.4, 0.5) is 5.13 Å². The Hall–Kier alpha value is -0.560. The maximum atomic E-state index is 5.63. The lowest BCUT2D eigenvalue weighted by Crippen LogP contribution is -2.02. The van der Waals surface area contributed by atoms with Gasteiger partial charge in [0.15, 0.2) is 5.13 Å². The summed E-state index contributed by atoms with van der Waals surface area (Å²) in [5, 5.41) is 8.83. The van der Waals surface area contributed by atoms with E-state index in [-0.39, 0.29) is 5.82 Å². The van der Waals surface area contributed by atoms with E-state index in [4.69, 9.17) is 40.5 Å². The summed E-state index contributed by atoms with van der Waals surface area (Å²) >= 11 is 18.3. The monoisotopic (exact) mass is 297 g/mol. The minimum atomic E-state index is -1.62. The molecule has 2 heterocycles. The van der Waals surface area contributed by atoms with Crippen molar-refractivity contribution in [3.05, 3.63) is 22.7 Å². The molecule has 3 N–H and O–H groups in total. The van der Waals surface area contributed by atoms with Crippen molar-refractivity contribution >= 4 is 51.3 Å². The molecule has 0 aromatic carbocycles. The van der Waals surface area contributed by atoms with Gasteiger partial charge in [0, 0.05) is 5.38 Å². The Morgan fingerprint density at radius 2 is 2.12 bits per heavy atom. The van der Waals surface area contributed by atoms with Crippen molar-refractivity contribution in [2.75, 3.05) is 5.73 Å². The van der Waals surface area contributed by atoms with Gasteiger partial charge in [-0.2, -0.15) is 5.10 Å². The Morgan fingerprint density at radius 1 is 1.38 bits per heavy atom. The molecule has 0 amide bonds. The van der Waals surface area contributed by atoms with Gasteiger partial charge < -0.3 is 5.73 Å². The van der Waals surface area contributed by atoms with Gasteiger partial charge in [-0.15, -0.1) is 11.3 Å². The molecular weight excluding hydrogens is 293 g/mol. The molecule has 0 saturated carbocycles. The Labute approximate surface area is 110 Å². The molecule has 0 aliphatic heterocycles. The molecule has 5 nitrogen and oxygen atoms in total. The van der Waals surface area contributed by atoms with Crippen LogP contribution >= 0.6 is 46.1 Å². The molecule has 0 aliphatic carbocycles. The molecule has 0 unspecified atom stereocenters. The smallest absolute Gasteiger partial charge is 0.251 e. The van der Waals surface area contributed by atoms with Crippen LogP contribution in [0.25, 0.3) is 0 Å². The summed E-state index contributed by atoms with van der Waals surface area (Å²) in [6.45, 7) is 0. The minimum absolute atomic E-state index is 0.121. The number of aromatic nitrogens is 4. The van der Waals surface area contributed by atoms with E-state index < -0.39 is 3.79 Å². The Morgan fingerprint density at radius 3 is 2.62 bits per heavy atom. The minimum Gasteiger partial charge on any atom is -0.375 e. The average Bonchev–Trinajstić information content (AvgIpc) is 2.74. The Balaban J connectivity index is 2.14. The molecular formula is C7H6Cl3N5S. The van der Waals surface area contributed by atoms with Crippen LogP contribution in [0.15, 0.2) is 5.38 Å². The molecule has 2 rings (SSSR count). The highest BCUT2D eigenvalue weighted by atomic mass is 35.6. The molecule has 2 aromatic rings. The van der Waals surface area contributed by atoms with Gasteiger partial charge in [0.25, 0.3) is 3.79 Å². The zero-order chi connectivity index (χ0) is 11.8. The summed E-state index contributed by atoms with van der Waals surface area (Å²) in [6.07, 6.45) is 0.474. The van der Waals surface area contributed by atoms with Gasteiger partial charge in [-0.3, -0.25) is 5.10 Å². The van der Waals surface area contributed by atoms with E-state index in [1.807, 2.05) is 5.38 Å². The topological polar surface area (TPSA) is 80.5 Å². The van der Waals surface area contributed by atoms with Crippen molar-refractivity contribution < 1.29 is 0 Å². The summed E-state index contributed by atoms with van der Waals surface area (Å²) in [5.74, 6) is 0.697. The van der Waals surface area contributed by atoms with Gasteiger partial charge in [-0.05, 0) is 0 Å². The van der Waals surface area contributed by atoms with Crippen molar-refractivity contribution in [2.24, 2.45) is 0 Å². The van der Waals surface area contributed by atoms with Gasteiger partial charge in [-0.25, -0.2) is 9.97 Å². The van der Waals surface area contributed by atoms with Crippen LogP contribution in [0.3, 0.4) is 0 Å². The second-order valence-electron chi connectivity index (χ2n) is 2.96. The predicted molar refractivity (Wildman–Crippen MR) is 65.0 cm³/mol. The van der Waals surface area contributed by atoms with Gasteiger partial charge in [0.2, 0.25) is 5.82 Å². The van der Waals surface area contributed by atoms with Crippen molar-refractivity contribution in [1.29, 1.82) is 0 Å². The Bertz CT molecular complexity index is 488. The zero-order valence-electron chi connectivity index (χ0n) is 7.75. The number of nitrogen functional groups attached to an aromatic ring is 1. The number of thiazole rings is 1. The number of nitrogens with two attached hydrogens (primary N) is 1. The normalized spacial score (nSPS) is 11.9. The number of H-pyrrole nitrogens is 1. The standard InChI is InChI=1S/C7H6Cl3N5S/c8-7(9,10)5-13-4(14-15-5)1-3-2-16-6(11)12-3/h2H,1H2,(H2,11,12)(H,13,14,15). The summed E-state index contributed by atoms with van der Waals surface area (Å²) in [5.41, 5.74) is 6.31. The first-order valence-corrected chi connectivity index (χ1v) is 6.15. The van der Waals surface area contributed by atoms with E-state index in [0.717, 1.165) is 5.69 Å². The highest BCUT2D eigenvalue weighted by Gasteiger charge is 2.28. The number of rotatable bonds is 2. The fourth-order valence-electron chi connectivity index (χ4n) is 1.08. The first-order chi connectivity index (χ1) is 7.45. The van der Waals surface area contributed by atoms with Crippen LogP contribution in [-0.4, -0.2) is 20.2 Å². The fraction of sp³-hybridized carbons (Fsp3) is 0.286. The molecule has 86 valence electrons. The molecule has 16 heavy (non-hydrogen) atoms. The largest absolute Gasteiger partial charge is 0.375 e. The quantitative estimate of drug-likeness (QED) is 0.833. The third-order valence-corrected chi connectivity index (χ3v) is 2.93. The van der Waals surface area contributed by atoms with Gasteiger partial charge in [0.05, 0.1) is 12.1 Å². The Kier molecular flexibility index (Phi) is 3.25. The molecule has 0 atom stereocenters. The SMILES string of the molecule is Nc1nc(Cc2nc(C(Cl)(Cl)Cl)n[nH]2)cs1. The molecule has 0 radical (unpaired) electrons. The number of hydrogen-bond donors (Lipinski definition) is 2. The van der Waals surface area contributed by atoms with E-state index >= 15 is 0 Å². The number of aromatic amines is 1. The van der Waals surface area contributed by atoms with E-state index in [0.29, 0.717) is 17.4 Å². The van der Waals surface area contributed by atoms with Gasteiger partial charge in [-0.1, -0.05) is 34.8 Å². The second-order valence-corrected chi connectivity index (χ2v) is 6.13. The molecule has 0 fully saturated rings. The number of nitrogens with zero attached hydrogens (tertiary/aromatic N) is 3. The maximum absolute atomic E-state index is 5.63. The van der Waals surface area contributed by atoms with Crippen LogP contribution in [0.2, 0.25) is 0 Å². The maximum Gasteiger partial charge on any atom is 0.251 e. The fourth-order valence-corrected chi connectivity index (χ4v) is 1.89. The summed E-state index contributed by atoms with van der Waals surface area (Å²) in [6, 6.07) is 0.